The zero-order valence-corrected chi connectivity index (χ0v) is 13.4. The summed E-state index contributed by atoms with van der Waals surface area (Å²) >= 11 is 6.03. The van der Waals surface area contributed by atoms with E-state index >= 15 is 0 Å². The first-order valence-electron chi connectivity index (χ1n) is 7.02. The first-order chi connectivity index (χ1) is 11.5. The number of benzene rings is 2. The van der Waals surface area contributed by atoms with Gasteiger partial charge in [-0.25, -0.2) is 9.18 Å². The molecule has 0 heterocycles. The van der Waals surface area contributed by atoms with E-state index in [1.165, 1.54) is 31.4 Å². The van der Waals surface area contributed by atoms with Gasteiger partial charge in [0.15, 0.2) is 0 Å². The largest absolute Gasteiger partial charge is 0.466 e. The van der Waals surface area contributed by atoms with Crippen LogP contribution in [0.5, 0.6) is 0 Å². The Bertz CT molecular complexity index is 916. The molecule has 120 valence electrons. The van der Waals surface area contributed by atoms with Crippen LogP contribution in [0.4, 0.5) is 4.39 Å². The van der Waals surface area contributed by atoms with Crippen LogP contribution in [0.1, 0.15) is 16.7 Å². The number of carbonyl (C=O) groups is 1. The maximum absolute atomic E-state index is 13.3. The Morgan fingerprint density at radius 1 is 1.29 bits per heavy atom. The second-order valence-electron chi connectivity index (χ2n) is 5.34. The Morgan fingerprint density at radius 3 is 2.54 bits per heavy atom. The van der Waals surface area contributed by atoms with Gasteiger partial charge in [0.25, 0.3) is 0 Å². The quantitative estimate of drug-likeness (QED) is 0.851. The number of methoxy groups -OCH3 is 1. The predicted octanol–water partition coefficient (Wildman–Crippen LogP) is 3.15. The summed E-state index contributed by atoms with van der Waals surface area (Å²) in [5.41, 5.74) is 6.24. The first kappa shape index (κ1) is 16.0. The number of hydrogen-bond donors (Lipinski definition) is 1. The number of nitrogens with zero attached hydrogens (tertiary/aromatic N) is 1. The fourth-order valence-electron chi connectivity index (χ4n) is 3.08. The summed E-state index contributed by atoms with van der Waals surface area (Å²) in [7, 11) is 1.21. The van der Waals surface area contributed by atoms with E-state index in [9.17, 15) is 14.4 Å². The topological polar surface area (TPSA) is 76.1 Å². The molecule has 1 aliphatic carbocycles. The van der Waals surface area contributed by atoms with E-state index in [4.69, 9.17) is 22.1 Å². The molecule has 0 fully saturated rings. The van der Waals surface area contributed by atoms with Crippen LogP contribution in [0.25, 0.3) is 5.70 Å². The van der Waals surface area contributed by atoms with Crippen molar-refractivity contribution < 1.29 is 13.9 Å². The molecule has 0 saturated carbocycles. The van der Waals surface area contributed by atoms with Crippen LogP contribution in [0.3, 0.4) is 0 Å². The Hall–Kier alpha value is -2.84. The van der Waals surface area contributed by atoms with Gasteiger partial charge in [-0.1, -0.05) is 29.8 Å². The van der Waals surface area contributed by atoms with Crippen molar-refractivity contribution in [3.05, 3.63) is 75.6 Å². The number of carbonyl (C=O) groups excluding carboxylic acids is 1. The summed E-state index contributed by atoms with van der Waals surface area (Å²) in [5, 5.41) is 10.4. The van der Waals surface area contributed by atoms with Gasteiger partial charge in [-0.3, -0.25) is 0 Å². The molecule has 0 spiro atoms. The summed E-state index contributed by atoms with van der Waals surface area (Å²) < 4.78 is 18.2. The summed E-state index contributed by atoms with van der Waals surface area (Å²) in [5.74, 6) is -1.16. The molecule has 0 aromatic heterocycles. The molecule has 3 rings (SSSR count). The number of halogens is 2. The minimum Gasteiger partial charge on any atom is -0.466 e. The van der Waals surface area contributed by atoms with Crippen molar-refractivity contribution in [1.82, 2.24) is 0 Å². The van der Waals surface area contributed by atoms with Crippen molar-refractivity contribution in [2.45, 2.75) is 5.41 Å². The number of nitriles is 1. The number of fused-ring (bicyclic) bond motifs is 1. The lowest BCUT2D eigenvalue weighted by Gasteiger charge is -2.25. The molecule has 0 bridgehead atoms. The maximum atomic E-state index is 13.3. The van der Waals surface area contributed by atoms with Crippen LogP contribution in [-0.4, -0.2) is 13.1 Å². The lowest BCUT2D eigenvalue weighted by Crippen LogP contribution is -2.31. The normalized spacial score (nSPS) is 18.9. The summed E-state index contributed by atoms with van der Waals surface area (Å²) in [6.45, 7) is 0. The van der Waals surface area contributed by atoms with Crippen LogP contribution in [0, 0.1) is 17.1 Å². The number of hydrogen-bond acceptors (Lipinski definition) is 4. The molecule has 1 aliphatic rings. The highest BCUT2D eigenvalue weighted by Crippen LogP contribution is 2.49. The van der Waals surface area contributed by atoms with Crippen LogP contribution in [0.2, 0.25) is 5.02 Å². The van der Waals surface area contributed by atoms with Crippen LogP contribution < -0.4 is 5.73 Å². The average molecular weight is 343 g/mol. The van der Waals surface area contributed by atoms with E-state index in [-0.39, 0.29) is 11.3 Å². The molecule has 2 N–H and O–H groups in total. The molecule has 0 radical (unpaired) electrons. The van der Waals surface area contributed by atoms with Crippen LogP contribution in [-0.2, 0) is 14.9 Å². The number of nitrogens with two attached hydrogens (primary N) is 1. The summed E-state index contributed by atoms with van der Waals surface area (Å²) in [6, 6.07) is 12.4. The number of esters is 1. The summed E-state index contributed by atoms with van der Waals surface area (Å²) in [4.78, 5) is 12.4. The van der Waals surface area contributed by atoms with Gasteiger partial charge in [0.2, 0.25) is 0 Å². The average Bonchev–Trinajstić information content (AvgIpc) is 2.84. The number of rotatable bonds is 2. The van der Waals surface area contributed by atoms with Gasteiger partial charge in [0, 0.05) is 10.6 Å². The van der Waals surface area contributed by atoms with Crippen molar-refractivity contribution in [2.24, 2.45) is 5.73 Å². The maximum Gasteiger partial charge on any atom is 0.338 e. The molecule has 1 unspecified atom stereocenters. The number of ether oxygens (including phenoxy) is 1. The zero-order chi connectivity index (χ0) is 17.5. The monoisotopic (exact) mass is 342 g/mol. The Morgan fingerprint density at radius 2 is 1.96 bits per heavy atom. The van der Waals surface area contributed by atoms with Crippen molar-refractivity contribution >= 4 is 23.3 Å². The molecule has 6 heteroatoms. The molecule has 0 aliphatic heterocycles. The van der Waals surface area contributed by atoms with E-state index in [1.807, 2.05) is 0 Å². The lowest BCUT2D eigenvalue weighted by atomic mass is 9.73. The highest BCUT2D eigenvalue weighted by atomic mass is 35.5. The van der Waals surface area contributed by atoms with Crippen LogP contribution >= 0.6 is 11.6 Å². The second-order valence-corrected chi connectivity index (χ2v) is 5.78. The van der Waals surface area contributed by atoms with E-state index < -0.39 is 17.2 Å². The van der Waals surface area contributed by atoms with Gasteiger partial charge in [-0.05, 0) is 35.4 Å². The fourth-order valence-corrected chi connectivity index (χ4v) is 3.26. The highest BCUT2D eigenvalue weighted by Gasteiger charge is 2.50. The minimum absolute atomic E-state index is 0.0105. The van der Waals surface area contributed by atoms with Crippen LogP contribution in [0.15, 0.2) is 48.0 Å². The SMILES string of the molecule is COC(=O)C1=C(N)c2cc(Cl)ccc2C1(C#N)c1ccc(F)cc1. The van der Waals surface area contributed by atoms with E-state index in [1.54, 1.807) is 18.2 Å². The molecular formula is C18H12ClFN2O2. The van der Waals surface area contributed by atoms with Crippen molar-refractivity contribution in [3.63, 3.8) is 0 Å². The standard InChI is InChI=1S/C18H12ClFN2O2/c1-24-17(23)15-16(22)13-8-11(19)4-7-14(13)18(15,9-21)10-2-5-12(20)6-3-10/h2-8H,22H2,1H3. The van der Waals surface area contributed by atoms with Gasteiger partial charge in [-0.15, -0.1) is 0 Å². The molecule has 0 amide bonds. The van der Waals surface area contributed by atoms with Crippen molar-refractivity contribution in [2.75, 3.05) is 7.11 Å². The molecular weight excluding hydrogens is 331 g/mol. The van der Waals surface area contributed by atoms with E-state index in [0.717, 1.165) is 0 Å². The third-order valence-electron chi connectivity index (χ3n) is 4.15. The molecule has 0 saturated heterocycles. The van der Waals surface area contributed by atoms with Crippen molar-refractivity contribution in [1.29, 1.82) is 5.26 Å². The Kier molecular flexibility index (Phi) is 3.78. The highest BCUT2D eigenvalue weighted by molar-refractivity contribution is 6.31. The first-order valence-corrected chi connectivity index (χ1v) is 7.39. The third kappa shape index (κ3) is 2.08. The molecule has 4 nitrogen and oxygen atoms in total. The minimum atomic E-state index is -1.48. The lowest BCUT2D eigenvalue weighted by molar-refractivity contribution is -0.136. The second kappa shape index (κ2) is 5.66. The van der Waals surface area contributed by atoms with Gasteiger partial charge in [0.1, 0.15) is 11.2 Å². The molecule has 2 aromatic rings. The predicted molar refractivity (Wildman–Crippen MR) is 87.4 cm³/mol. The van der Waals surface area contributed by atoms with Gasteiger partial charge in [-0.2, -0.15) is 5.26 Å². The van der Waals surface area contributed by atoms with Crippen molar-refractivity contribution in [3.8, 4) is 6.07 Å². The smallest absolute Gasteiger partial charge is 0.338 e. The Balaban J connectivity index is 2.40. The fraction of sp³-hybridized carbons (Fsp3) is 0.111. The molecule has 2 aromatic carbocycles. The molecule has 1 atom stereocenters. The zero-order valence-electron chi connectivity index (χ0n) is 12.6. The van der Waals surface area contributed by atoms with E-state index in [2.05, 4.69) is 6.07 Å². The molecule has 24 heavy (non-hydrogen) atoms. The van der Waals surface area contributed by atoms with Gasteiger partial charge in [0.05, 0.1) is 24.4 Å². The Labute approximate surface area is 142 Å². The third-order valence-corrected chi connectivity index (χ3v) is 4.39. The summed E-state index contributed by atoms with van der Waals surface area (Å²) in [6.07, 6.45) is 0. The van der Waals surface area contributed by atoms with Gasteiger partial charge >= 0.3 is 5.97 Å². The van der Waals surface area contributed by atoms with Gasteiger partial charge < -0.3 is 10.5 Å². The van der Waals surface area contributed by atoms with E-state index in [0.29, 0.717) is 21.7 Å².